The number of nitrogens with one attached hydrogen (secondary N) is 1. The van der Waals surface area contributed by atoms with Gasteiger partial charge in [-0.2, -0.15) is 5.10 Å². The Bertz CT molecular complexity index is 1210. The first-order valence-electron chi connectivity index (χ1n) is 9.31. The van der Waals surface area contributed by atoms with E-state index >= 15 is 0 Å². The average Bonchev–Trinajstić information content (AvgIpc) is 3.46. The van der Waals surface area contributed by atoms with Crippen LogP contribution in [0.3, 0.4) is 0 Å². The number of rotatable bonds is 5. The minimum absolute atomic E-state index is 0.803. The topological polar surface area (TPSA) is 64.3 Å². The number of hydrogen-bond acceptors (Lipinski definition) is 3. The van der Waals surface area contributed by atoms with E-state index in [0.29, 0.717) is 0 Å². The summed E-state index contributed by atoms with van der Waals surface area (Å²) in [5.41, 5.74) is 6.35. The predicted octanol–water partition coefficient (Wildman–Crippen LogP) is 4.07. The number of benzene rings is 2. The number of fused-ring (bicyclic) bond motifs is 1. The van der Waals surface area contributed by atoms with Crippen molar-refractivity contribution in [2.45, 2.75) is 13.0 Å². The first-order valence-corrected chi connectivity index (χ1v) is 9.31. The SMILES string of the molecule is Cn1c(-c2c(-c3ccccc3)ncn2CCc2cn[nH]c2)nc2ccccc21. The first-order chi connectivity index (χ1) is 13.8. The van der Waals surface area contributed by atoms with Crippen molar-refractivity contribution in [3.8, 4) is 22.8 Å². The van der Waals surface area contributed by atoms with E-state index in [2.05, 4.69) is 44.6 Å². The van der Waals surface area contributed by atoms with Gasteiger partial charge in [-0.05, 0) is 24.1 Å². The van der Waals surface area contributed by atoms with E-state index in [1.807, 2.05) is 55.1 Å². The van der Waals surface area contributed by atoms with E-state index in [9.17, 15) is 0 Å². The van der Waals surface area contributed by atoms with Crippen molar-refractivity contribution in [2.24, 2.45) is 7.05 Å². The number of para-hydroxylation sites is 2. The standard InChI is InChI=1S/C22H20N6/c1-27-19-10-6-5-9-18(19)26-22(27)21-20(17-7-3-2-4-8-17)23-15-28(21)12-11-16-13-24-25-14-16/h2-10,13-15H,11-12H2,1H3,(H,24,25). The smallest absolute Gasteiger partial charge is 0.159 e. The normalized spacial score (nSPS) is 11.3. The molecule has 0 aliphatic rings. The summed E-state index contributed by atoms with van der Waals surface area (Å²) in [7, 11) is 2.06. The molecule has 0 unspecified atom stereocenters. The number of imidazole rings is 2. The predicted molar refractivity (Wildman–Crippen MR) is 110 cm³/mol. The van der Waals surface area contributed by atoms with Crippen LogP contribution in [-0.2, 0) is 20.0 Å². The maximum Gasteiger partial charge on any atom is 0.159 e. The quantitative estimate of drug-likeness (QED) is 0.509. The molecule has 1 N–H and O–H groups in total. The molecule has 0 bridgehead atoms. The Labute approximate surface area is 162 Å². The fourth-order valence-electron chi connectivity index (χ4n) is 3.61. The van der Waals surface area contributed by atoms with Gasteiger partial charge in [0.05, 0.1) is 29.3 Å². The lowest BCUT2D eigenvalue weighted by Gasteiger charge is -2.10. The molecule has 6 nitrogen and oxygen atoms in total. The van der Waals surface area contributed by atoms with Crippen LogP contribution < -0.4 is 0 Å². The maximum absolute atomic E-state index is 4.93. The highest BCUT2D eigenvalue weighted by molar-refractivity contribution is 5.84. The number of aromatic nitrogens is 6. The van der Waals surface area contributed by atoms with Gasteiger partial charge in [0.15, 0.2) is 5.82 Å². The van der Waals surface area contributed by atoms with Gasteiger partial charge in [0.1, 0.15) is 5.69 Å². The molecular formula is C22H20N6. The largest absolute Gasteiger partial charge is 0.327 e. The Kier molecular flexibility index (Phi) is 4.01. The lowest BCUT2D eigenvalue weighted by molar-refractivity contribution is 0.696. The summed E-state index contributed by atoms with van der Waals surface area (Å²) < 4.78 is 4.34. The van der Waals surface area contributed by atoms with Crippen LogP contribution in [0.25, 0.3) is 33.8 Å². The van der Waals surface area contributed by atoms with Crippen molar-refractivity contribution in [2.75, 3.05) is 0 Å². The highest BCUT2D eigenvalue weighted by Gasteiger charge is 2.20. The highest BCUT2D eigenvalue weighted by Crippen LogP contribution is 2.32. The zero-order valence-corrected chi connectivity index (χ0v) is 15.6. The van der Waals surface area contributed by atoms with Gasteiger partial charge in [-0.15, -0.1) is 0 Å². The summed E-state index contributed by atoms with van der Waals surface area (Å²) in [4.78, 5) is 9.69. The van der Waals surface area contributed by atoms with Crippen molar-refractivity contribution in [1.29, 1.82) is 0 Å². The Morgan fingerprint density at radius 3 is 2.61 bits per heavy atom. The van der Waals surface area contributed by atoms with E-state index < -0.39 is 0 Å². The van der Waals surface area contributed by atoms with Crippen LogP contribution in [0.15, 0.2) is 73.3 Å². The second-order valence-electron chi connectivity index (χ2n) is 6.84. The third kappa shape index (κ3) is 2.79. The van der Waals surface area contributed by atoms with Gasteiger partial charge in [-0.3, -0.25) is 5.10 Å². The molecule has 3 heterocycles. The van der Waals surface area contributed by atoms with Gasteiger partial charge >= 0.3 is 0 Å². The number of aryl methyl sites for hydroxylation is 3. The summed E-state index contributed by atoms with van der Waals surface area (Å²) in [6.45, 7) is 0.803. The summed E-state index contributed by atoms with van der Waals surface area (Å²) in [6.07, 6.45) is 6.59. The van der Waals surface area contributed by atoms with Gasteiger partial charge in [0.25, 0.3) is 0 Å². The Balaban J connectivity index is 1.66. The molecule has 0 radical (unpaired) electrons. The minimum Gasteiger partial charge on any atom is -0.327 e. The van der Waals surface area contributed by atoms with Crippen LogP contribution in [0.4, 0.5) is 0 Å². The van der Waals surface area contributed by atoms with Crippen molar-refractivity contribution in [3.05, 3.63) is 78.9 Å². The fourth-order valence-corrected chi connectivity index (χ4v) is 3.61. The van der Waals surface area contributed by atoms with E-state index in [4.69, 9.17) is 9.97 Å². The second-order valence-corrected chi connectivity index (χ2v) is 6.84. The van der Waals surface area contributed by atoms with Crippen LogP contribution in [-0.4, -0.2) is 29.3 Å². The van der Waals surface area contributed by atoms with Crippen molar-refractivity contribution < 1.29 is 0 Å². The van der Waals surface area contributed by atoms with E-state index in [-0.39, 0.29) is 0 Å². The minimum atomic E-state index is 0.803. The third-order valence-corrected chi connectivity index (χ3v) is 5.08. The summed E-state index contributed by atoms with van der Waals surface area (Å²) in [6, 6.07) is 18.5. The molecule has 0 fully saturated rings. The molecular weight excluding hydrogens is 348 g/mol. The number of nitrogens with zero attached hydrogens (tertiary/aromatic N) is 5. The molecule has 0 spiro atoms. The van der Waals surface area contributed by atoms with Crippen LogP contribution in [0.2, 0.25) is 0 Å². The summed E-state index contributed by atoms with van der Waals surface area (Å²) >= 11 is 0. The maximum atomic E-state index is 4.93. The molecule has 0 atom stereocenters. The fraction of sp³-hybridized carbons (Fsp3) is 0.136. The van der Waals surface area contributed by atoms with E-state index in [0.717, 1.165) is 46.8 Å². The van der Waals surface area contributed by atoms with Crippen LogP contribution in [0.5, 0.6) is 0 Å². The number of H-pyrrole nitrogens is 1. The Hall–Kier alpha value is -3.67. The Morgan fingerprint density at radius 2 is 1.82 bits per heavy atom. The third-order valence-electron chi connectivity index (χ3n) is 5.08. The van der Waals surface area contributed by atoms with Gasteiger partial charge in [0.2, 0.25) is 0 Å². The van der Waals surface area contributed by atoms with Crippen molar-refractivity contribution in [3.63, 3.8) is 0 Å². The van der Waals surface area contributed by atoms with Crippen molar-refractivity contribution >= 4 is 11.0 Å². The number of hydrogen-bond donors (Lipinski definition) is 1. The lowest BCUT2D eigenvalue weighted by Crippen LogP contribution is -2.05. The zero-order valence-electron chi connectivity index (χ0n) is 15.6. The van der Waals surface area contributed by atoms with Crippen LogP contribution in [0, 0.1) is 0 Å². The van der Waals surface area contributed by atoms with Crippen LogP contribution in [0.1, 0.15) is 5.56 Å². The van der Waals surface area contributed by atoms with Gasteiger partial charge in [-0.1, -0.05) is 42.5 Å². The molecule has 0 amide bonds. The summed E-state index contributed by atoms with van der Waals surface area (Å²) in [5.74, 6) is 0.921. The molecule has 138 valence electrons. The van der Waals surface area contributed by atoms with Gasteiger partial charge in [-0.25, -0.2) is 9.97 Å². The van der Waals surface area contributed by atoms with E-state index in [1.165, 1.54) is 5.56 Å². The summed E-state index contributed by atoms with van der Waals surface area (Å²) in [5, 5.41) is 6.92. The average molecular weight is 368 g/mol. The molecule has 0 aliphatic heterocycles. The molecule has 0 saturated heterocycles. The lowest BCUT2D eigenvalue weighted by atomic mass is 10.1. The Morgan fingerprint density at radius 1 is 1.00 bits per heavy atom. The van der Waals surface area contributed by atoms with Crippen LogP contribution >= 0.6 is 0 Å². The molecule has 28 heavy (non-hydrogen) atoms. The highest BCUT2D eigenvalue weighted by atomic mass is 15.1. The zero-order chi connectivity index (χ0) is 18.9. The molecule has 5 rings (SSSR count). The molecule has 6 heteroatoms. The van der Waals surface area contributed by atoms with Gasteiger partial charge < -0.3 is 9.13 Å². The van der Waals surface area contributed by atoms with E-state index in [1.54, 1.807) is 0 Å². The molecule has 0 aliphatic carbocycles. The van der Waals surface area contributed by atoms with Crippen molar-refractivity contribution in [1.82, 2.24) is 29.3 Å². The molecule has 0 saturated carbocycles. The first kappa shape index (κ1) is 16.5. The molecule has 3 aromatic heterocycles. The monoisotopic (exact) mass is 368 g/mol. The molecule has 5 aromatic rings. The molecule has 2 aromatic carbocycles. The second kappa shape index (κ2) is 6.81. The number of aromatic amines is 1. The van der Waals surface area contributed by atoms with Gasteiger partial charge in [0, 0.05) is 25.4 Å².